The number of benzene rings is 10. The molecule has 66 heavy (non-hydrogen) atoms. The second-order valence-corrected chi connectivity index (χ2v) is 17.7. The van der Waals surface area contributed by atoms with Crippen LogP contribution in [0.15, 0.2) is 223 Å². The number of nitrogens with zero attached hydrogens (tertiary/aromatic N) is 3. The van der Waals surface area contributed by atoms with Crippen molar-refractivity contribution >= 4 is 65.3 Å². The van der Waals surface area contributed by atoms with Gasteiger partial charge in [0.25, 0.3) is 0 Å². The van der Waals surface area contributed by atoms with E-state index in [9.17, 15) is 0 Å². The van der Waals surface area contributed by atoms with Gasteiger partial charge in [0.1, 0.15) is 11.2 Å². The van der Waals surface area contributed by atoms with E-state index in [2.05, 4.69) is 223 Å². The molecule has 0 aliphatic heterocycles. The van der Waals surface area contributed by atoms with Crippen molar-refractivity contribution in [3.8, 4) is 50.7 Å². The standard InChI is InChI=1S/C62H39N3O/c1-2-15-40(16-3-1)52-33-45-34-58-54(36-53(45)48-20-9-8-19-47(48)52)49-21-10-11-23-57(49)65(58)46-29-30-51-60(35-46)66-59-24-12-22-50(61(51)59)56-37-55(43-27-25-38-13-4-6-17-41(38)31-43)63-62(64-56)44-28-26-39-14-5-7-18-42(39)32-44/h1-32,34-37,52H,33H2. The second kappa shape index (κ2) is 14.5. The smallest absolute Gasteiger partial charge is 0.160 e. The van der Waals surface area contributed by atoms with Crippen molar-refractivity contribution < 1.29 is 4.42 Å². The van der Waals surface area contributed by atoms with Crippen LogP contribution in [0.3, 0.4) is 0 Å². The molecular weight excluding hydrogens is 803 g/mol. The van der Waals surface area contributed by atoms with Crippen LogP contribution in [-0.4, -0.2) is 14.5 Å². The minimum Gasteiger partial charge on any atom is -0.456 e. The predicted octanol–water partition coefficient (Wildman–Crippen LogP) is 16.1. The van der Waals surface area contributed by atoms with Gasteiger partial charge in [0, 0.05) is 55.9 Å². The van der Waals surface area contributed by atoms with E-state index in [1.807, 2.05) is 0 Å². The van der Waals surface area contributed by atoms with Crippen molar-refractivity contribution in [1.29, 1.82) is 0 Å². The molecule has 3 aromatic heterocycles. The van der Waals surface area contributed by atoms with Crippen molar-refractivity contribution in [3.05, 3.63) is 235 Å². The van der Waals surface area contributed by atoms with Crippen molar-refractivity contribution in [1.82, 2.24) is 14.5 Å². The van der Waals surface area contributed by atoms with Gasteiger partial charge in [-0.3, -0.25) is 0 Å². The van der Waals surface area contributed by atoms with Gasteiger partial charge < -0.3 is 8.98 Å². The van der Waals surface area contributed by atoms with Crippen LogP contribution in [0.2, 0.25) is 0 Å². The maximum atomic E-state index is 6.84. The van der Waals surface area contributed by atoms with Gasteiger partial charge >= 0.3 is 0 Å². The SMILES string of the molecule is c1ccc(C2Cc3cc4c(cc3-c3ccccc32)c2ccccc2n4-c2ccc3c(c2)oc2cccc(-c4cc(-c5ccc6ccccc6c5)nc(-c5ccc6ccccc6c5)n4)c23)cc1. The maximum Gasteiger partial charge on any atom is 0.160 e. The molecule has 1 aliphatic rings. The van der Waals surface area contributed by atoms with Crippen molar-refractivity contribution in [2.24, 2.45) is 0 Å². The number of furan rings is 1. The monoisotopic (exact) mass is 841 g/mol. The summed E-state index contributed by atoms with van der Waals surface area (Å²) in [5.74, 6) is 0.967. The van der Waals surface area contributed by atoms with Crippen LogP contribution in [0, 0.1) is 0 Å². The molecule has 1 atom stereocenters. The largest absolute Gasteiger partial charge is 0.456 e. The average Bonchev–Trinajstić information content (AvgIpc) is 3.92. The van der Waals surface area contributed by atoms with Crippen molar-refractivity contribution in [2.75, 3.05) is 0 Å². The Morgan fingerprint density at radius 3 is 1.97 bits per heavy atom. The Kier molecular flexibility index (Phi) is 8.07. The van der Waals surface area contributed by atoms with E-state index in [1.54, 1.807) is 0 Å². The minimum absolute atomic E-state index is 0.286. The fraction of sp³-hybridized carbons (Fsp3) is 0.0323. The van der Waals surface area contributed by atoms with Gasteiger partial charge in [-0.1, -0.05) is 158 Å². The number of rotatable bonds is 5. The highest BCUT2D eigenvalue weighted by Crippen LogP contribution is 2.46. The highest BCUT2D eigenvalue weighted by molar-refractivity contribution is 6.14. The summed E-state index contributed by atoms with van der Waals surface area (Å²) in [6.07, 6.45) is 0.938. The molecule has 0 spiro atoms. The fourth-order valence-corrected chi connectivity index (χ4v) is 10.8. The molecule has 14 rings (SSSR count). The summed E-state index contributed by atoms with van der Waals surface area (Å²) >= 11 is 0. The number of para-hydroxylation sites is 1. The lowest BCUT2D eigenvalue weighted by Crippen LogP contribution is -2.12. The quantitative estimate of drug-likeness (QED) is 0.173. The van der Waals surface area contributed by atoms with Gasteiger partial charge in [-0.2, -0.15) is 0 Å². The van der Waals surface area contributed by atoms with Crippen molar-refractivity contribution in [3.63, 3.8) is 0 Å². The molecule has 308 valence electrons. The molecule has 13 aromatic rings. The van der Waals surface area contributed by atoms with Gasteiger partial charge in [-0.25, -0.2) is 9.97 Å². The highest BCUT2D eigenvalue weighted by Gasteiger charge is 2.28. The third-order valence-corrected chi connectivity index (χ3v) is 13.9. The summed E-state index contributed by atoms with van der Waals surface area (Å²) in [7, 11) is 0. The number of hydrogen-bond donors (Lipinski definition) is 0. The third-order valence-electron chi connectivity index (χ3n) is 13.9. The van der Waals surface area contributed by atoms with E-state index in [-0.39, 0.29) is 5.92 Å². The summed E-state index contributed by atoms with van der Waals surface area (Å²) < 4.78 is 9.26. The molecule has 0 saturated carbocycles. The molecule has 1 aliphatic carbocycles. The van der Waals surface area contributed by atoms with Crippen LogP contribution in [-0.2, 0) is 6.42 Å². The molecule has 0 fully saturated rings. The lowest BCUT2D eigenvalue weighted by molar-refractivity contribution is 0.668. The average molecular weight is 842 g/mol. The topological polar surface area (TPSA) is 43.9 Å². The number of fused-ring (bicyclic) bond motifs is 11. The molecule has 0 bridgehead atoms. The maximum absolute atomic E-state index is 6.84. The molecule has 4 nitrogen and oxygen atoms in total. The van der Waals surface area contributed by atoms with Crippen LogP contribution in [0.4, 0.5) is 0 Å². The molecule has 3 heterocycles. The summed E-state index contributed by atoms with van der Waals surface area (Å²) in [6.45, 7) is 0. The Bertz CT molecular complexity index is 4010. The molecule has 4 heteroatoms. The lowest BCUT2D eigenvalue weighted by Gasteiger charge is -2.28. The summed E-state index contributed by atoms with van der Waals surface area (Å²) in [5.41, 5.74) is 16.6. The van der Waals surface area contributed by atoms with E-state index >= 15 is 0 Å². The summed E-state index contributed by atoms with van der Waals surface area (Å²) in [5, 5.41) is 9.27. The van der Waals surface area contributed by atoms with Gasteiger partial charge in [-0.05, 0) is 110 Å². The lowest BCUT2D eigenvalue weighted by atomic mass is 9.75. The van der Waals surface area contributed by atoms with E-state index < -0.39 is 0 Å². The molecule has 10 aromatic carbocycles. The Balaban J connectivity index is 0.939. The van der Waals surface area contributed by atoms with Crippen molar-refractivity contribution in [2.45, 2.75) is 12.3 Å². The van der Waals surface area contributed by atoms with Gasteiger partial charge in [-0.15, -0.1) is 0 Å². The zero-order chi connectivity index (χ0) is 43.3. The Hall–Kier alpha value is -8.60. The third kappa shape index (κ3) is 5.78. The first kappa shape index (κ1) is 36.8. The fourth-order valence-electron chi connectivity index (χ4n) is 10.8. The first-order chi connectivity index (χ1) is 32.7. The Morgan fingerprint density at radius 2 is 1.12 bits per heavy atom. The molecule has 0 radical (unpaired) electrons. The van der Waals surface area contributed by atoms with E-state index in [4.69, 9.17) is 14.4 Å². The van der Waals surface area contributed by atoms with Crippen LogP contribution in [0.1, 0.15) is 22.6 Å². The van der Waals surface area contributed by atoms with Gasteiger partial charge in [0.2, 0.25) is 0 Å². The van der Waals surface area contributed by atoms with E-state index in [0.29, 0.717) is 5.82 Å². The zero-order valence-electron chi connectivity index (χ0n) is 35.8. The minimum atomic E-state index is 0.286. The molecule has 0 N–H and O–H groups in total. The molecule has 0 saturated heterocycles. The first-order valence-electron chi connectivity index (χ1n) is 22.7. The summed E-state index contributed by atoms with van der Waals surface area (Å²) in [4.78, 5) is 10.6. The molecule has 0 amide bonds. The van der Waals surface area contributed by atoms with Crippen LogP contribution in [0.5, 0.6) is 0 Å². The van der Waals surface area contributed by atoms with E-state index in [0.717, 1.165) is 67.5 Å². The predicted molar refractivity (Wildman–Crippen MR) is 272 cm³/mol. The first-order valence-corrected chi connectivity index (χ1v) is 22.7. The van der Waals surface area contributed by atoms with Crippen LogP contribution >= 0.6 is 0 Å². The Labute approximate surface area is 380 Å². The van der Waals surface area contributed by atoms with Gasteiger partial charge in [0.05, 0.1) is 22.4 Å². The Morgan fingerprint density at radius 1 is 0.424 bits per heavy atom. The van der Waals surface area contributed by atoms with Gasteiger partial charge in [0.15, 0.2) is 5.82 Å². The van der Waals surface area contributed by atoms with Crippen LogP contribution in [0.25, 0.3) is 116 Å². The van der Waals surface area contributed by atoms with E-state index in [1.165, 1.54) is 65.8 Å². The van der Waals surface area contributed by atoms with Crippen LogP contribution < -0.4 is 0 Å². The summed E-state index contributed by atoms with van der Waals surface area (Å²) in [6, 6.07) is 78.7. The zero-order valence-corrected chi connectivity index (χ0v) is 35.8. The molecule has 1 unspecified atom stereocenters. The number of hydrogen-bond acceptors (Lipinski definition) is 3. The second-order valence-electron chi connectivity index (χ2n) is 17.7. The number of aromatic nitrogens is 3. The normalized spacial score (nSPS) is 13.5. The molecular formula is C62H39N3O. The highest BCUT2D eigenvalue weighted by atomic mass is 16.3.